The van der Waals surface area contributed by atoms with Crippen molar-refractivity contribution in [2.75, 3.05) is 6.61 Å². The summed E-state index contributed by atoms with van der Waals surface area (Å²) < 4.78 is 5.43. The van der Waals surface area contributed by atoms with Gasteiger partial charge in [0.15, 0.2) is 0 Å². The van der Waals surface area contributed by atoms with E-state index in [1.54, 1.807) is 11.8 Å². The standard InChI is InChI=1S/C21H34O3S/c1-3-5-13-19(22)14-10-15-20(21(23)24-16-6-4-2)25-17-18-11-8-7-9-12-18/h7-9,11-12,19-20,22H,3-6,10,13-17H2,1-2H3. The Labute approximate surface area is 157 Å². The molecular weight excluding hydrogens is 332 g/mol. The van der Waals surface area contributed by atoms with Crippen molar-refractivity contribution in [1.82, 2.24) is 0 Å². The van der Waals surface area contributed by atoms with E-state index in [2.05, 4.69) is 26.0 Å². The first-order valence-corrected chi connectivity index (χ1v) is 10.7. The van der Waals surface area contributed by atoms with Crippen molar-refractivity contribution >= 4 is 17.7 Å². The van der Waals surface area contributed by atoms with Gasteiger partial charge in [-0.2, -0.15) is 0 Å². The summed E-state index contributed by atoms with van der Waals surface area (Å²) in [6, 6.07) is 10.2. The Balaban J connectivity index is 2.44. The molecule has 0 aliphatic rings. The summed E-state index contributed by atoms with van der Waals surface area (Å²) in [5, 5.41) is 9.85. The maximum absolute atomic E-state index is 12.4. The molecule has 0 saturated heterocycles. The lowest BCUT2D eigenvalue weighted by Gasteiger charge is -2.17. The number of rotatable bonds is 14. The number of esters is 1. The Kier molecular flexibility index (Phi) is 12.5. The fraction of sp³-hybridized carbons (Fsp3) is 0.667. The van der Waals surface area contributed by atoms with Gasteiger partial charge >= 0.3 is 5.97 Å². The number of carbonyl (C=O) groups is 1. The molecule has 1 rings (SSSR count). The van der Waals surface area contributed by atoms with Crippen molar-refractivity contribution < 1.29 is 14.6 Å². The average molecular weight is 367 g/mol. The zero-order valence-electron chi connectivity index (χ0n) is 15.8. The molecule has 1 aromatic rings. The molecule has 0 amide bonds. The molecule has 0 heterocycles. The van der Waals surface area contributed by atoms with Crippen molar-refractivity contribution in [2.24, 2.45) is 0 Å². The van der Waals surface area contributed by atoms with Crippen molar-refractivity contribution in [3.8, 4) is 0 Å². The topological polar surface area (TPSA) is 46.5 Å². The van der Waals surface area contributed by atoms with Crippen LogP contribution in [0, 0.1) is 0 Å². The van der Waals surface area contributed by atoms with Crippen LogP contribution in [0.5, 0.6) is 0 Å². The highest BCUT2D eigenvalue weighted by molar-refractivity contribution is 7.99. The number of thioether (sulfide) groups is 1. The van der Waals surface area contributed by atoms with E-state index in [0.717, 1.165) is 57.1 Å². The van der Waals surface area contributed by atoms with Crippen molar-refractivity contribution in [1.29, 1.82) is 0 Å². The van der Waals surface area contributed by atoms with Gasteiger partial charge in [0.25, 0.3) is 0 Å². The van der Waals surface area contributed by atoms with E-state index in [1.165, 1.54) is 5.56 Å². The molecule has 3 nitrogen and oxygen atoms in total. The van der Waals surface area contributed by atoms with Crippen LogP contribution < -0.4 is 0 Å². The first-order chi connectivity index (χ1) is 12.2. The van der Waals surface area contributed by atoms with E-state index in [4.69, 9.17) is 4.74 Å². The van der Waals surface area contributed by atoms with Gasteiger partial charge in [-0.3, -0.25) is 4.79 Å². The van der Waals surface area contributed by atoms with E-state index in [0.29, 0.717) is 6.61 Å². The second-order valence-electron chi connectivity index (χ2n) is 6.53. The fourth-order valence-electron chi connectivity index (χ4n) is 2.57. The van der Waals surface area contributed by atoms with Gasteiger partial charge in [0.2, 0.25) is 0 Å². The Morgan fingerprint density at radius 1 is 1.04 bits per heavy atom. The predicted molar refractivity (Wildman–Crippen MR) is 107 cm³/mol. The number of hydrogen-bond acceptors (Lipinski definition) is 4. The van der Waals surface area contributed by atoms with Gasteiger partial charge in [-0.1, -0.05) is 63.4 Å². The number of carbonyl (C=O) groups excluding carboxylic acids is 1. The number of hydrogen-bond donors (Lipinski definition) is 1. The molecule has 0 aromatic heterocycles. The van der Waals surface area contributed by atoms with Crippen molar-refractivity contribution in [2.45, 2.75) is 82.3 Å². The summed E-state index contributed by atoms with van der Waals surface area (Å²) in [5.41, 5.74) is 1.22. The molecule has 0 fully saturated rings. The molecule has 0 radical (unpaired) electrons. The minimum atomic E-state index is -0.240. The molecule has 1 N–H and O–H groups in total. The summed E-state index contributed by atoms with van der Waals surface area (Å²) in [6.45, 7) is 4.74. The van der Waals surface area contributed by atoms with E-state index in [-0.39, 0.29) is 17.3 Å². The minimum absolute atomic E-state index is 0.0996. The molecule has 25 heavy (non-hydrogen) atoms. The van der Waals surface area contributed by atoms with Gasteiger partial charge < -0.3 is 9.84 Å². The van der Waals surface area contributed by atoms with Crippen molar-refractivity contribution in [3.63, 3.8) is 0 Å². The van der Waals surface area contributed by atoms with Crippen LogP contribution in [0.25, 0.3) is 0 Å². The van der Waals surface area contributed by atoms with E-state index < -0.39 is 0 Å². The largest absolute Gasteiger partial charge is 0.465 e. The molecule has 0 aliphatic heterocycles. The third-order valence-electron chi connectivity index (χ3n) is 4.19. The molecule has 0 saturated carbocycles. The lowest BCUT2D eigenvalue weighted by atomic mass is 10.1. The first-order valence-electron chi connectivity index (χ1n) is 9.67. The highest BCUT2D eigenvalue weighted by Gasteiger charge is 2.21. The van der Waals surface area contributed by atoms with Crippen LogP contribution in [-0.4, -0.2) is 29.0 Å². The van der Waals surface area contributed by atoms with E-state index >= 15 is 0 Å². The summed E-state index contributed by atoms with van der Waals surface area (Å²) in [6.07, 6.45) is 7.13. The molecule has 0 spiro atoms. The first kappa shape index (κ1) is 22.0. The Morgan fingerprint density at radius 2 is 1.72 bits per heavy atom. The number of aliphatic hydroxyl groups is 1. The Morgan fingerprint density at radius 3 is 2.40 bits per heavy atom. The minimum Gasteiger partial charge on any atom is -0.465 e. The lowest BCUT2D eigenvalue weighted by Crippen LogP contribution is -2.22. The smallest absolute Gasteiger partial charge is 0.319 e. The second-order valence-corrected chi connectivity index (χ2v) is 7.72. The summed E-state index contributed by atoms with van der Waals surface area (Å²) in [5.74, 6) is 0.713. The molecular formula is C21H34O3S. The van der Waals surface area contributed by atoms with Crippen LogP contribution in [0.4, 0.5) is 0 Å². The van der Waals surface area contributed by atoms with E-state index in [1.807, 2.05) is 18.2 Å². The molecule has 2 unspecified atom stereocenters. The zero-order chi connectivity index (χ0) is 18.3. The highest BCUT2D eigenvalue weighted by Crippen LogP contribution is 2.24. The number of aliphatic hydroxyl groups excluding tert-OH is 1. The van der Waals surface area contributed by atoms with E-state index in [9.17, 15) is 9.90 Å². The van der Waals surface area contributed by atoms with Crippen LogP contribution in [0.1, 0.15) is 70.8 Å². The third-order valence-corrected chi connectivity index (χ3v) is 5.52. The van der Waals surface area contributed by atoms with Crippen LogP contribution in [0.15, 0.2) is 30.3 Å². The van der Waals surface area contributed by atoms with Crippen LogP contribution >= 0.6 is 11.8 Å². The average Bonchev–Trinajstić information content (AvgIpc) is 2.63. The number of benzene rings is 1. The molecule has 4 heteroatoms. The highest BCUT2D eigenvalue weighted by atomic mass is 32.2. The van der Waals surface area contributed by atoms with Gasteiger partial charge in [0.1, 0.15) is 5.25 Å². The maximum Gasteiger partial charge on any atom is 0.319 e. The molecule has 0 aliphatic carbocycles. The predicted octanol–water partition coefficient (Wildman–Crippen LogP) is 5.35. The number of ether oxygens (including phenoxy) is 1. The van der Waals surface area contributed by atoms with Crippen LogP contribution in [-0.2, 0) is 15.3 Å². The molecule has 0 bridgehead atoms. The van der Waals surface area contributed by atoms with Gasteiger partial charge in [0, 0.05) is 5.75 Å². The summed E-state index contributed by atoms with van der Waals surface area (Å²) in [4.78, 5) is 12.4. The monoisotopic (exact) mass is 366 g/mol. The zero-order valence-corrected chi connectivity index (χ0v) is 16.6. The molecule has 2 atom stereocenters. The SMILES string of the molecule is CCCCOC(=O)C(CCCC(O)CCCC)SCc1ccccc1. The lowest BCUT2D eigenvalue weighted by molar-refractivity contribution is -0.143. The molecule has 1 aromatic carbocycles. The normalized spacial score (nSPS) is 13.4. The fourth-order valence-corrected chi connectivity index (χ4v) is 3.70. The van der Waals surface area contributed by atoms with Crippen LogP contribution in [0.3, 0.4) is 0 Å². The summed E-state index contributed by atoms with van der Waals surface area (Å²) in [7, 11) is 0. The number of unbranched alkanes of at least 4 members (excludes halogenated alkanes) is 2. The molecule has 142 valence electrons. The quantitative estimate of drug-likeness (QED) is 0.356. The van der Waals surface area contributed by atoms with Gasteiger partial charge in [0.05, 0.1) is 12.7 Å². The Hall–Kier alpha value is -1.00. The Bertz CT molecular complexity index is 450. The van der Waals surface area contributed by atoms with Gasteiger partial charge in [-0.05, 0) is 37.7 Å². The van der Waals surface area contributed by atoms with Crippen molar-refractivity contribution in [3.05, 3.63) is 35.9 Å². The third kappa shape index (κ3) is 10.6. The van der Waals surface area contributed by atoms with Gasteiger partial charge in [-0.15, -0.1) is 11.8 Å². The van der Waals surface area contributed by atoms with Gasteiger partial charge in [-0.25, -0.2) is 0 Å². The van der Waals surface area contributed by atoms with Crippen LogP contribution in [0.2, 0.25) is 0 Å². The maximum atomic E-state index is 12.4. The second kappa shape index (κ2) is 14.2. The summed E-state index contributed by atoms with van der Waals surface area (Å²) >= 11 is 1.65.